The van der Waals surface area contributed by atoms with Crippen molar-refractivity contribution in [2.75, 3.05) is 6.54 Å². The van der Waals surface area contributed by atoms with Crippen molar-refractivity contribution < 1.29 is 0 Å². The predicted molar refractivity (Wildman–Crippen MR) is 65.6 cm³/mol. The van der Waals surface area contributed by atoms with Crippen LogP contribution in [0.5, 0.6) is 0 Å². The standard InChI is InChI=1S/C13H29N/c1-6-8-13(9-7-2)12(5)10-14-11(3)4/h11-14H,6-10H2,1-5H3. The first kappa shape index (κ1) is 14.0. The van der Waals surface area contributed by atoms with Crippen molar-refractivity contribution in [2.24, 2.45) is 11.8 Å². The van der Waals surface area contributed by atoms with Gasteiger partial charge < -0.3 is 5.32 Å². The molecule has 0 fully saturated rings. The molecule has 0 aromatic rings. The molecule has 0 spiro atoms. The summed E-state index contributed by atoms with van der Waals surface area (Å²) >= 11 is 0. The molecule has 0 heterocycles. The van der Waals surface area contributed by atoms with Crippen molar-refractivity contribution in [3.8, 4) is 0 Å². The highest BCUT2D eigenvalue weighted by Gasteiger charge is 2.15. The first-order chi connectivity index (χ1) is 6.61. The van der Waals surface area contributed by atoms with Crippen LogP contribution < -0.4 is 5.32 Å². The molecule has 0 saturated carbocycles. The Balaban J connectivity index is 3.81. The van der Waals surface area contributed by atoms with Gasteiger partial charge in [-0.1, -0.05) is 60.3 Å². The molecule has 0 radical (unpaired) electrons. The van der Waals surface area contributed by atoms with Crippen molar-refractivity contribution in [2.45, 2.75) is 66.3 Å². The van der Waals surface area contributed by atoms with Gasteiger partial charge in [0.2, 0.25) is 0 Å². The lowest BCUT2D eigenvalue weighted by Gasteiger charge is -2.24. The molecule has 86 valence electrons. The highest BCUT2D eigenvalue weighted by Crippen LogP contribution is 2.22. The largest absolute Gasteiger partial charge is 0.314 e. The third-order valence-electron chi connectivity index (χ3n) is 2.97. The Morgan fingerprint density at radius 2 is 1.43 bits per heavy atom. The van der Waals surface area contributed by atoms with Crippen LogP contribution in [-0.2, 0) is 0 Å². The maximum Gasteiger partial charge on any atom is 0.00104 e. The minimum atomic E-state index is 0.626. The van der Waals surface area contributed by atoms with Crippen LogP contribution in [0, 0.1) is 11.8 Å². The highest BCUT2D eigenvalue weighted by molar-refractivity contribution is 4.69. The third-order valence-corrected chi connectivity index (χ3v) is 2.97. The molecule has 1 atom stereocenters. The van der Waals surface area contributed by atoms with E-state index in [4.69, 9.17) is 0 Å². The van der Waals surface area contributed by atoms with Gasteiger partial charge in [0.1, 0.15) is 0 Å². The quantitative estimate of drug-likeness (QED) is 0.626. The zero-order chi connectivity index (χ0) is 11.0. The highest BCUT2D eigenvalue weighted by atomic mass is 14.9. The minimum absolute atomic E-state index is 0.626. The normalized spacial score (nSPS) is 13.9. The van der Waals surface area contributed by atoms with E-state index in [0.717, 1.165) is 11.8 Å². The zero-order valence-electron chi connectivity index (χ0n) is 10.8. The SMILES string of the molecule is CCCC(CCC)C(C)CNC(C)C. The molecule has 1 unspecified atom stereocenters. The van der Waals surface area contributed by atoms with Crippen LogP contribution in [0.15, 0.2) is 0 Å². The average molecular weight is 199 g/mol. The summed E-state index contributed by atoms with van der Waals surface area (Å²) in [5.74, 6) is 1.76. The summed E-state index contributed by atoms with van der Waals surface area (Å²) in [4.78, 5) is 0. The fraction of sp³-hybridized carbons (Fsp3) is 1.00. The van der Waals surface area contributed by atoms with Crippen LogP contribution in [0.2, 0.25) is 0 Å². The van der Waals surface area contributed by atoms with Crippen LogP contribution in [0.3, 0.4) is 0 Å². The summed E-state index contributed by atoms with van der Waals surface area (Å²) in [6.07, 6.45) is 5.46. The van der Waals surface area contributed by atoms with E-state index < -0.39 is 0 Å². The average Bonchev–Trinajstić information content (AvgIpc) is 2.14. The Kier molecular flexibility index (Phi) is 8.26. The second kappa shape index (κ2) is 8.28. The van der Waals surface area contributed by atoms with Crippen molar-refractivity contribution >= 4 is 0 Å². The molecule has 0 aromatic heterocycles. The first-order valence-corrected chi connectivity index (χ1v) is 6.35. The number of nitrogens with one attached hydrogen (secondary N) is 1. The van der Waals surface area contributed by atoms with Gasteiger partial charge in [-0.2, -0.15) is 0 Å². The van der Waals surface area contributed by atoms with E-state index in [1.807, 2.05) is 0 Å². The summed E-state index contributed by atoms with van der Waals surface area (Å²) in [5.41, 5.74) is 0. The molecule has 0 amide bonds. The molecule has 0 aromatic carbocycles. The number of hydrogen-bond donors (Lipinski definition) is 1. The van der Waals surface area contributed by atoms with Crippen LogP contribution in [0.25, 0.3) is 0 Å². The van der Waals surface area contributed by atoms with Crippen LogP contribution in [-0.4, -0.2) is 12.6 Å². The lowest BCUT2D eigenvalue weighted by Crippen LogP contribution is -2.31. The van der Waals surface area contributed by atoms with Crippen LogP contribution >= 0.6 is 0 Å². The molecule has 1 heteroatoms. The Labute approximate surface area is 90.7 Å². The molecule has 14 heavy (non-hydrogen) atoms. The van der Waals surface area contributed by atoms with E-state index in [-0.39, 0.29) is 0 Å². The third kappa shape index (κ3) is 6.42. The summed E-state index contributed by atoms with van der Waals surface area (Å²) in [6, 6.07) is 0.626. The maximum atomic E-state index is 3.54. The maximum absolute atomic E-state index is 3.54. The molecular weight excluding hydrogens is 170 g/mol. The minimum Gasteiger partial charge on any atom is -0.314 e. The van der Waals surface area contributed by atoms with E-state index in [1.165, 1.54) is 32.2 Å². The van der Waals surface area contributed by atoms with Gasteiger partial charge in [0.15, 0.2) is 0 Å². The van der Waals surface area contributed by atoms with Gasteiger partial charge in [-0.25, -0.2) is 0 Å². The summed E-state index contributed by atoms with van der Waals surface area (Å²) in [7, 11) is 0. The zero-order valence-corrected chi connectivity index (χ0v) is 10.8. The van der Waals surface area contributed by atoms with Gasteiger partial charge in [0.25, 0.3) is 0 Å². The molecule has 0 aliphatic heterocycles. The molecule has 0 bridgehead atoms. The van der Waals surface area contributed by atoms with Crippen molar-refractivity contribution in [1.82, 2.24) is 5.32 Å². The van der Waals surface area contributed by atoms with Crippen molar-refractivity contribution in [1.29, 1.82) is 0 Å². The molecule has 0 rings (SSSR count). The first-order valence-electron chi connectivity index (χ1n) is 6.35. The van der Waals surface area contributed by atoms with Gasteiger partial charge in [-0.3, -0.25) is 0 Å². The van der Waals surface area contributed by atoms with E-state index in [1.54, 1.807) is 0 Å². The number of hydrogen-bond acceptors (Lipinski definition) is 1. The molecule has 1 N–H and O–H groups in total. The fourth-order valence-corrected chi connectivity index (χ4v) is 2.04. The molecule has 0 aliphatic carbocycles. The Bertz CT molecular complexity index is 114. The van der Waals surface area contributed by atoms with Gasteiger partial charge in [-0.05, 0) is 18.4 Å². The topological polar surface area (TPSA) is 12.0 Å². The van der Waals surface area contributed by atoms with Crippen LogP contribution in [0.1, 0.15) is 60.3 Å². The van der Waals surface area contributed by atoms with E-state index in [9.17, 15) is 0 Å². The van der Waals surface area contributed by atoms with Crippen LogP contribution in [0.4, 0.5) is 0 Å². The van der Waals surface area contributed by atoms with Gasteiger partial charge in [-0.15, -0.1) is 0 Å². The monoisotopic (exact) mass is 199 g/mol. The lowest BCUT2D eigenvalue weighted by atomic mass is 9.86. The molecular formula is C13H29N. The fourth-order valence-electron chi connectivity index (χ4n) is 2.04. The summed E-state index contributed by atoms with van der Waals surface area (Å²) < 4.78 is 0. The predicted octanol–water partition coefficient (Wildman–Crippen LogP) is 3.84. The Morgan fingerprint density at radius 1 is 0.929 bits per heavy atom. The molecule has 0 aliphatic rings. The summed E-state index contributed by atoms with van der Waals surface area (Å²) in [6.45, 7) is 12.6. The van der Waals surface area contributed by atoms with E-state index in [0.29, 0.717) is 6.04 Å². The second-order valence-corrected chi connectivity index (χ2v) is 4.88. The van der Waals surface area contributed by atoms with E-state index in [2.05, 4.69) is 39.9 Å². The second-order valence-electron chi connectivity index (χ2n) is 4.88. The summed E-state index contributed by atoms with van der Waals surface area (Å²) in [5, 5.41) is 3.54. The van der Waals surface area contributed by atoms with Gasteiger partial charge in [0, 0.05) is 6.04 Å². The van der Waals surface area contributed by atoms with Crippen molar-refractivity contribution in [3.05, 3.63) is 0 Å². The lowest BCUT2D eigenvalue weighted by molar-refractivity contribution is 0.293. The number of rotatable bonds is 8. The molecule has 0 saturated heterocycles. The van der Waals surface area contributed by atoms with Gasteiger partial charge >= 0.3 is 0 Å². The Hall–Kier alpha value is -0.0400. The van der Waals surface area contributed by atoms with Gasteiger partial charge in [0.05, 0.1) is 0 Å². The van der Waals surface area contributed by atoms with Crippen molar-refractivity contribution in [3.63, 3.8) is 0 Å². The molecule has 1 nitrogen and oxygen atoms in total. The smallest absolute Gasteiger partial charge is 0.00104 e. The Morgan fingerprint density at radius 3 is 1.79 bits per heavy atom. The van der Waals surface area contributed by atoms with E-state index >= 15 is 0 Å².